The molecular formula is C22H22O2S. The van der Waals surface area contributed by atoms with Crippen molar-refractivity contribution in [2.75, 3.05) is 0 Å². The SMILES string of the molecule is Cc1ccc(C(c2ccc(C)cc2)S(=O)(=O)c2ccc(C)cc2)cc1. The van der Waals surface area contributed by atoms with Crippen LogP contribution in [0.15, 0.2) is 77.7 Å². The molecule has 0 radical (unpaired) electrons. The Labute approximate surface area is 150 Å². The Kier molecular flexibility index (Phi) is 4.78. The first-order chi connectivity index (χ1) is 11.9. The molecule has 0 aliphatic heterocycles. The first kappa shape index (κ1) is 17.4. The van der Waals surface area contributed by atoms with E-state index in [0.717, 1.165) is 27.8 Å². The molecule has 0 saturated heterocycles. The molecule has 0 saturated carbocycles. The van der Waals surface area contributed by atoms with E-state index in [1.54, 1.807) is 12.1 Å². The molecule has 0 bridgehead atoms. The van der Waals surface area contributed by atoms with Crippen molar-refractivity contribution in [1.29, 1.82) is 0 Å². The molecule has 0 heterocycles. The Morgan fingerprint density at radius 3 is 1.24 bits per heavy atom. The van der Waals surface area contributed by atoms with Crippen LogP contribution < -0.4 is 0 Å². The van der Waals surface area contributed by atoms with Gasteiger partial charge in [0, 0.05) is 0 Å². The van der Waals surface area contributed by atoms with E-state index in [-0.39, 0.29) is 0 Å². The van der Waals surface area contributed by atoms with Gasteiger partial charge >= 0.3 is 0 Å². The highest BCUT2D eigenvalue weighted by Gasteiger charge is 2.30. The van der Waals surface area contributed by atoms with Gasteiger partial charge in [0.2, 0.25) is 0 Å². The highest BCUT2D eigenvalue weighted by atomic mass is 32.2. The summed E-state index contributed by atoms with van der Waals surface area (Å²) in [5, 5.41) is -0.712. The first-order valence-electron chi connectivity index (χ1n) is 8.31. The zero-order valence-corrected chi connectivity index (χ0v) is 15.5. The Morgan fingerprint density at radius 2 is 0.880 bits per heavy atom. The molecule has 2 nitrogen and oxygen atoms in total. The number of benzene rings is 3. The van der Waals surface area contributed by atoms with Crippen molar-refractivity contribution >= 4 is 9.84 Å². The summed E-state index contributed by atoms with van der Waals surface area (Å²) in [6.07, 6.45) is 0. The van der Waals surface area contributed by atoms with E-state index in [2.05, 4.69) is 0 Å². The Hall–Kier alpha value is -2.39. The second kappa shape index (κ2) is 6.85. The van der Waals surface area contributed by atoms with Crippen molar-refractivity contribution in [2.24, 2.45) is 0 Å². The normalized spacial score (nSPS) is 11.7. The molecule has 3 aromatic rings. The van der Waals surface area contributed by atoms with Crippen molar-refractivity contribution in [3.63, 3.8) is 0 Å². The van der Waals surface area contributed by atoms with Crippen molar-refractivity contribution in [3.05, 3.63) is 101 Å². The lowest BCUT2D eigenvalue weighted by Gasteiger charge is -2.19. The molecule has 0 amide bonds. The van der Waals surface area contributed by atoms with Gasteiger partial charge < -0.3 is 0 Å². The molecule has 0 atom stereocenters. The van der Waals surface area contributed by atoms with Crippen molar-refractivity contribution in [3.8, 4) is 0 Å². The summed E-state index contributed by atoms with van der Waals surface area (Å²) in [6, 6.07) is 22.5. The van der Waals surface area contributed by atoms with Gasteiger partial charge in [0.15, 0.2) is 9.84 Å². The van der Waals surface area contributed by atoms with Crippen LogP contribution in [0.4, 0.5) is 0 Å². The van der Waals surface area contributed by atoms with E-state index < -0.39 is 15.1 Å². The molecule has 0 spiro atoms. The lowest BCUT2D eigenvalue weighted by Crippen LogP contribution is -2.15. The van der Waals surface area contributed by atoms with Crippen LogP contribution >= 0.6 is 0 Å². The van der Waals surface area contributed by atoms with Crippen LogP contribution in [0.2, 0.25) is 0 Å². The molecule has 128 valence electrons. The summed E-state index contributed by atoms with van der Waals surface area (Å²) >= 11 is 0. The van der Waals surface area contributed by atoms with Crippen LogP contribution in [0.5, 0.6) is 0 Å². The average Bonchev–Trinajstić information content (AvgIpc) is 2.59. The van der Waals surface area contributed by atoms with Crippen molar-refractivity contribution < 1.29 is 8.42 Å². The van der Waals surface area contributed by atoms with Crippen LogP contribution in [0.25, 0.3) is 0 Å². The van der Waals surface area contributed by atoms with Gasteiger partial charge in [-0.25, -0.2) is 8.42 Å². The van der Waals surface area contributed by atoms with Crippen molar-refractivity contribution in [1.82, 2.24) is 0 Å². The molecule has 0 aliphatic carbocycles. The highest BCUT2D eigenvalue weighted by Crippen LogP contribution is 2.35. The number of hydrogen-bond acceptors (Lipinski definition) is 2. The predicted molar refractivity (Wildman–Crippen MR) is 103 cm³/mol. The number of hydrogen-bond donors (Lipinski definition) is 0. The van der Waals surface area contributed by atoms with E-state index >= 15 is 0 Å². The predicted octanol–water partition coefficient (Wildman–Crippen LogP) is 5.18. The molecule has 0 aliphatic rings. The fraction of sp³-hybridized carbons (Fsp3) is 0.182. The van der Waals surface area contributed by atoms with E-state index in [9.17, 15) is 8.42 Å². The van der Waals surface area contributed by atoms with Crippen LogP contribution in [-0.4, -0.2) is 8.42 Å². The van der Waals surface area contributed by atoms with Crippen molar-refractivity contribution in [2.45, 2.75) is 30.9 Å². The van der Waals surface area contributed by atoms with Gasteiger partial charge in [0.05, 0.1) is 4.90 Å². The van der Waals surface area contributed by atoms with Gasteiger partial charge in [-0.2, -0.15) is 0 Å². The second-order valence-corrected chi connectivity index (χ2v) is 8.59. The number of rotatable bonds is 4. The third-order valence-corrected chi connectivity index (χ3v) is 6.51. The Morgan fingerprint density at radius 1 is 0.560 bits per heavy atom. The average molecular weight is 350 g/mol. The van der Waals surface area contributed by atoms with Gasteiger partial charge in [-0.15, -0.1) is 0 Å². The fourth-order valence-corrected chi connectivity index (χ4v) is 4.72. The number of sulfone groups is 1. The molecule has 3 heteroatoms. The molecular weight excluding hydrogens is 328 g/mol. The lowest BCUT2D eigenvalue weighted by molar-refractivity contribution is 0.589. The molecule has 0 unspecified atom stereocenters. The molecule has 0 fully saturated rings. The maximum absolute atomic E-state index is 13.4. The van der Waals surface area contributed by atoms with Gasteiger partial charge in [-0.1, -0.05) is 77.4 Å². The quantitative estimate of drug-likeness (QED) is 0.650. The lowest BCUT2D eigenvalue weighted by atomic mass is 10.0. The molecule has 3 rings (SSSR count). The molecule has 0 aromatic heterocycles. The summed E-state index contributed by atoms with van der Waals surface area (Å²) in [5.74, 6) is 0. The van der Waals surface area contributed by atoms with Crippen LogP contribution in [0.3, 0.4) is 0 Å². The van der Waals surface area contributed by atoms with Gasteiger partial charge in [-0.3, -0.25) is 0 Å². The zero-order chi connectivity index (χ0) is 18.0. The van der Waals surface area contributed by atoms with Gasteiger partial charge in [0.1, 0.15) is 5.25 Å². The van der Waals surface area contributed by atoms with Crippen LogP contribution in [-0.2, 0) is 9.84 Å². The summed E-state index contributed by atoms with van der Waals surface area (Å²) in [7, 11) is -3.55. The third-order valence-electron chi connectivity index (χ3n) is 4.42. The summed E-state index contributed by atoms with van der Waals surface area (Å²) in [5.41, 5.74) is 4.84. The highest BCUT2D eigenvalue weighted by molar-refractivity contribution is 7.91. The topological polar surface area (TPSA) is 34.1 Å². The van der Waals surface area contributed by atoms with Gasteiger partial charge in [0.25, 0.3) is 0 Å². The standard InChI is InChI=1S/C22H22O2S/c1-16-4-10-19(11-5-16)22(20-12-6-17(2)7-13-20)25(23,24)21-14-8-18(3)9-15-21/h4-15,22H,1-3H3. The van der Waals surface area contributed by atoms with E-state index in [0.29, 0.717) is 4.90 Å². The van der Waals surface area contributed by atoms with E-state index in [1.165, 1.54) is 0 Å². The maximum atomic E-state index is 13.4. The van der Waals surface area contributed by atoms with E-state index in [4.69, 9.17) is 0 Å². The fourth-order valence-electron chi connectivity index (χ4n) is 2.90. The summed E-state index contributed by atoms with van der Waals surface area (Å²) < 4.78 is 26.8. The largest absolute Gasteiger partial charge is 0.223 e. The maximum Gasteiger partial charge on any atom is 0.189 e. The summed E-state index contributed by atoms with van der Waals surface area (Å²) in [6.45, 7) is 5.95. The molecule has 3 aromatic carbocycles. The second-order valence-electron chi connectivity index (χ2n) is 6.56. The van der Waals surface area contributed by atoms with Gasteiger partial charge in [-0.05, 0) is 44.0 Å². The third kappa shape index (κ3) is 3.67. The minimum absolute atomic E-state index is 0.351. The van der Waals surface area contributed by atoms with E-state index in [1.807, 2.05) is 81.4 Å². The zero-order valence-electron chi connectivity index (χ0n) is 14.7. The molecule has 25 heavy (non-hydrogen) atoms. The molecule has 0 N–H and O–H groups in total. The van der Waals surface area contributed by atoms with Crippen LogP contribution in [0, 0.1) is 20.8 Å². The smallest absolute Gasteiger partial charge is 0.189 e. The Bertz CT molecular complexity index is 907. The number of aryl methyl sites for hydroxylation is 3. The summed E-state index contributed by atoms with van der Waals surface area (Å²) in [4.78, 5) is 0.351. The Balaban J connectivity index is 2.17. The first-order valence-corrected chi connectivity index (χ1v) is 9.86. The minimum atomic E-state index is -3.55. The monoisotopic (exact) mass is 350 g/mol. The van der Waals surface area contributed by atoms with Crippen LogP contribution in [0.1, 0.15) is 33.1 Å². The minimum Gasteiger partial charge on any atom is -0.223 e.